The van der Waals surface area contributed by atoms with Gasteiger partial charge in [-0.15, -0.1) is 0 Å². The minimum absolute atomic E-state index is 0.310. The smallest absolute Gasteiger partial charge is 0.275 e. The highest BCUT2D eigenvalue weighted by atomic mass is 16.2. The van der Waals surface area contributed by atoms with E-state index in [9.17, 15) is 19.2 Å². The van der Waals surface area contributed by atoms with Crippen LogP contribution >= 0.6 is 0 Å². The molecule has 0 radical (unpaired) electrons. The summed E-state index contributed by atoms with van der Waals surface area (Å²) in [7, 11) is 0. The number of para-hydroxylation sites is 2. The molecule has 10 nitrogen and oxygen atoms in total. The van der Waals surface area contributed by atoms with E-state index < -0.39 is 0 Å². The van der Waals surface area contributed by atoms with Gasteiger partial charge in [0.15, 0.2) is 0 Å². The summed E-state index contributed by atoms with van der Waals surface area (Å²) in [6, 6.07) is 15.9. The van der Waals surface area contributed by atoms with Gasteiger partial charge < -0.3 is 19.8 Å². The zero-order valence-electron chi connectivity index (χ0n) is 26.8. The van der Waals surface area contributed by atoms with E-state index in [0.29, 0.717) is 53.6 Å². The van der Waals surface area contributed by atoms with Gasteiger partial charge in [-0.05, 0) is 75.3 Å². The van der Waals surface area contributed by atoms with Gasteiger partial charge >= 0.3 is 0 Å². The Morgan fingerprint density at radius 2 is 0.958 bits per heavy atom. The van der Waals surface area contributed by atoms with Crippen molar-refractivity contribution >= 4 is 56.6 Å². The lowest BCUT2D eigenvalue weighted by atomic mass is 9.82. The van der Waals surface area contributed by atoms with E-state index >= 15 is 0 Å². The van der Waals surface area contributed by atoms with Gasteiger partial charge in [0.1, 0.15) is 11.4 Å². The van der Waals surface area contributed by atoms with E-state index in [1.165, 1.54) is 0 Å². The van der Waals surface area contributed by atoms with Crippen LogP contribution in [0.4, 0.5) is 0 Å². The maximum atomic E-state index is 13.6. The third kappa shape index (κ3) is 4.60. The summed E-state index contributed by atoms with van der Waals surface area (Å²) >= 11 is 0. The second-order valence-electron chi connectivity index (χ2n) is 14.0. The molecule has 4 amide bonds. The fraction of sp³-hybridized carbons (Fsp3) is 0.368. The molecule has 0 spiro atoms. The number of fused-ring (bicyclic) bond motifs is 4. The number of nitrogens with zero attached hydrogens (tertiary/aromatic N) is 2. The van der Waals surface area contributed by atoms with Crippen LogP contribution in [-0.2, 0) is 32.0 Å². The number of amides is 4. The molecule has 2 saturated heterocycles. The highest BCUT2D eigenvalue weighted by Crippen LogP contribution is 2.40. The number of aryl methyl sites for hydroxylation is 2. The Hall–Kier alpha value is -5.12. The van der Waals surface area contributed by atoms with Crippen LogP contribution < -0.4 is 10.6 Å². The maximum absolute atomic E-state index is 13.6. The lowest BCUT2D eigenvalue weighted by molar-refractivity contribution is -0.125. The SMILES string of the molecule is O=C1NC(=O)C2=C1c1c([nH]c3ccccc13)CCCc1[nH]c3ccccc3c1C1=C(C(=O)NC1=O)N1CCC(CC1)CC1CCN2CC1. The van der Waals surface area contributed by atoms with Gasteiger partial charge in [0.2, 0.25) is 0 Å². The monoisotopic (exact) mass is 642 g/mol. The van der Waals surface area contributed by atoms with Gasteiger partial charge in [0, 0.05) is 70.5 Å². The van der Waals surface area contributed by atoms with Crippen molar-refractivity contribution in [1.29, 1.82) is 0 Å². The normalized spacial score (nSPS) is 23.5. The van der Waals surface area contributed by atoms with E-state index in [0.717, 1.165) is 103 Å². The number of piperidine rings is 2. The first-order valence-corrected chi connectivity index (χ1v) is 17.3. The van der Waals surface area contributed by atoms with Crippen molar-refractivity contribution in [2.75, 3.05) is 26.2 Å². The molecule has 9 heterocycles. The molecule has 4 N–H and O–H groups in total. The summed E-state index contributed by atoms with van der Waals surface area (Å²) in [5.74, 6) is -0.226. The van der Waals surface area contributed by atoms with E-state index in [-0.39, 0.29) is 23.6 Å². The fourth-order valence-electron chi connectivity index (χ4n) is 9.00. The van der Waals surface area contributed by atoms with Crippen LogP contribution in [-0.4, -0.2) is 69.6 Å². The van der Waals surface area contributed by atoms with Crippen molar-refractivity contribution in [2.24, 2.45) is 11.8 Å². The van der Waals surface area contributed by atoms with Crippen molar-refractivity contribution in [3.63, 3.8) is 0 Å². The lowest BCUT2D eigenvalue weighted by Gasteiger charge is -2.38. The Morgan fingerprint density at radius 1 is 0.542 bits per heavy atom. The fourth-order valence-corrected chi connectivity index (χ4v) is 9.00. The number of carbonyl (C=O) groups excluding carboxylic acids is 4. The zero-order valence-corrected chi connectivity index (χ0v) is 26.8. The average Bonchev–Trinajstić information content (AvgIpc) is 3.80. The van der Waals surface area contributed by atoms with Crippen molar-refractivity contribution < 1.29 is 19.2 Å². The number of aromatic amines is 2. The van der Waals surface area contributed by atoms with Gasteiger partial charge in [-0.3, -0.25) is 29.8 Å². The number of hydrogen-bond acceptors (Lipinski definition) is 6. The van der Waals surface area contributed by atoms with Crippen molar-refractivity contribution in [3.05, 3.63) is 82.4 Å². The molecule has 4 aromatic rings. The van der Waals surface area contributed by atoms with Crippen molar-refractivity contribution in [2.45, 2.75) is 51.4 Å². The number of aromatic nitrogens is 2. The lowest BCUT2D eigenvalue weighted by Crippen LogP contribution is -2.39. The molecular weight excluding hydrogens is 604 g/mol. The van der Waals surface area contributed by atoms with Gasteiger partial charge in [0.05, 0.1) is 11.1 Å². The van der Waals surface area contributed by atoms with E-state index in [1.807, 2.05) is 48.5 Å². The predicted octanol–water partition coefficient (Wildman–Crippen LogP) is 4.39. The Morgan fingerprint density at radius 3 is 1.40 bits per heavy atom. The molecule has 244 valence electrons. The second kappa shape index (κ2) is 11.2. The number of rotatable bonds is 0. The first kappa shape index (κ1) is 29.1. The number of carbonyl (C=O) groups is 4. The molecule has 48 heavy (non-hydrogen) atoms. The molecule has 0 saturated carbocycles. The van der Waals surface area contributed by atoms with Crippen LogP contribution in [0.5, 0.6) is 0 Å². The largest absolute Gasteiger partial charge is 0.366 e. The van der Waals surface area contributed by atoms with Crippen LogP contribution in [0.3, 0.4) is 0 Å². The number of benzene rings is 2. The minimum atomic E-state index is -0.341. The summed E-state index contributed by atoms with van der Waals surface area (Å²) in [5.41, 5.74) is 7.20. The molecule has 11 rings (SSSR count). The molecule has 0 atom stereocenters. The number of nitrogens with one attached hydrogen (secondary N) is 4. The summed E-state index contributed by atoms with van der Waals surface area (Å²) in [4.78, 5) is 65.5. The number of hydrogen-bond donors (Lipinski definition) is 4. The van der Waals surface area contributed by atoms with Crippen LogP contribution in [0, 0.1) is 11.8 Å². The molecule has 7 aliphatic rings. The molecule has 2 fully saturated rings. The quantitative estimate of drug-likeness (QED) is 0.211. The highest BCUT2D eigenvalue weighted by Gasteiger charge is 2.41. The molecule has 7 aliphatic heterocycles. The summed E-state index contributed by atoms with van der Waals surface area (Å²) in [6.07, 6.45) is 6.90. The van der Waals surface area contributed by atoms with E-state index in [4.69, 9.17) is 0 Å². The average molecular weight is 643 g/mol. The second-order valence-corrected chi connectivity index (χ2v) is 14.0. The number of imide groups is 2. The molecule has 2 aromatic heterocycles. The predicted molar refractivity (Wildman–Crippen MR) is 182 cm³/mol. The van der Waals surface area contributed by atoms with E-state index in [1.54, 1.807) is 0 Å². The van der Waals surface area contributed by atoms with Crippen molar-refractivity contribution in [1.82, 2.24) is 30.4 Å². The Labute approximate surface area is 277 Å². The third-order valence-electron chi connectivity index (χ3n) is 11.3. The molecule has 2 aromatic carbocycles. The molecular formula is C38H38N6O4. The summed E-state index contributed by atoms with van der Waals surface area (Å²) < 4.78 is 0. The maximum Gasteiger partial charge on any atom is 0.275 e. The first-order chi connectivity index (χ1) is 23.4. The Bertz CT molecular complexity index is 1950. The van der Waals surface area contributed by atoms with Gasteiger partial charge in [-0.2, -0.15) is 0 Å². The third-order valence-corrected chi connectivity index (χ3v) is 11.3. The summed E-state index contributed by atoms with van der Waals surface area (Å²) in [6.45, 7) is 2.95. The molecule has 4 bridgehead atoms. The zero-order chi connectivity index (χ0) is 32.5. The van der Waals surface area contributed by atoms with Gasteiger partial charge in [-0.25, -0.2) is 0 Å². The first-order valence-electron chi connectivity index (χ1n) is 17.3. The van der Waals surface area contributed by atoms with Gasteiger partial charge in [0.25, 0.3) is 23.6 Å². The topological polar surface area (TPSA) is 130 Å². The summed E-state index contributed by atoms with van der Waals surface area (Å²) in [5, 5.41) is 7.11. The van der Waals surface area contributed by atoms with E-state index in [2.05, 4.69) is 30.4 Å². The number of H-pyrrole nitrogens is 2. The minimum Gasteiger partial charge on any atom is -0.366 e. The van der Waals surface area contributed by atoms with Crippen LogP contribution in [0.1, 0.15) is 61.0 Å². The van der Waals surface area contributed by atoms with Crippen LogP contribution in [0.2, 0.25) is 0 Å². The molecule has 10 heteroatoms. The van der Waals surface area contributed by atoms with Crippen LogP contribution in [0.15, 0.2) is 59.9 Å². The van der Waals surface area contributed by atoms with Crippen molar-refractivity contribution in [3.8, 4) is 0 Å². The standard InChI is InChI=1S/C38H38N6O4/c45-35-31-29-23-6-1-3-8-25(23)39-27(29)10-5-11-28-30(24-7-2-4-9-26(24)40-28)32-34(38(48)42-36(32)46)44-18-14-22(15-19-44)20-21-12-16-43(17-13-21)33(31)37(47)41-35/h1-4,6-9,21-22,39-40H,5,10-20H2,(H,41,45,47)(H,42,46,48). The Balaban J connectivity index is 1.19. The molecule has 0 unspecified atom stereocenters. The Kier molecular flexibility index (Phi) is 6.81. The van der Waals surface area contributed by atoms with Crippen LogP contribution in [0.25, 0.3) is 33.0 Å². The molecule has 0 aliphatic carbocycles. The van der Waals surface area contributed by atoms with Gasteiger partial charge in [-0.1, -0.05) is 36.4 Å². The highest BCUT2D eigenvalue weighted by molar-refractivity contribution is 6.38.